The summed E-state index contributed by atoms with van der Waals surface area (Å²) in [5, 5.41) is 2.37. The van der Waals surface area contributed by atoms with Crippen molar-refractivity contribution >= 4 is 39.0 Å². The van der Waals surface area contributed by atoms with Gasteiger partial charge in [0.15, 0.2) is 5.60 Å². The van der Waals surface area contributed by atoms with Crippen LogP contribution in [0.5, 0.6) is 0 Å². The van der Waals surface area contributed by atoms with Crippen LogP contribution < -0.4 is 4.90 Å². The number of anilines is 1. The molecule has 6 aromatic rings. The minimum Gasteiger partial charge on any atom is -0.441 e. The number of fused-ring (bicyclic) bond motifs is 3. The number of ether oxygens (including phenoxy) is 1. The van der Waals surface area contributed by atoms with E-state index in [1.807, 2.05) is 38.4 Å². The van der Waals surface area contributed by atoms with Crippen molar-refractivity contribution in [3.8, 4) is 0 Å². The number of nitrogens with zero attached hydrogens (tertiary/aromatic N) is 3. The molecule has 0 spiro atoms. The highest BCUT2D eigenvalue weighted by atomic mass is 16.6. The van der Waals surface area contributed by atoms with Crippen LogP contribution in [-0.2, 0) is 23.4 Å². The number of rotatable bonds is 7. The van der Waals surface area contributed by atoms with Crippen molar-refractivity contribution in [3.05, 3.63) is 142 Å². The van der Waals surface area contributed by atoms with Crippen molar-refractivity contribution in [1.29, 1.82) is 0 Å². The van der Waals surface area contributed by atoms with Gasteiger partial charge < -0.3 is 18.8 Å². The molecule has 0 radical (unpaired) electrons. The quantitative estimate of drug-likeness (QED) is 0.174. The van der Waals surface area contributed by atoms with E-state index in [9.17, 15) is 4.79 Å². The molecule has 0 bridgehead atoms. The van der Waals surface area contributed by atoms with Crippen molar-refractivity contribution < 1.29 is 9.53 Å². The number of cyclic esters (lactones) is 1. The third kappa shape index (κ3) is 4.25. The molecule has 1 aliphatic heterocycles. The number of carbonyl (C=O) groups excluding carboxylic acids is 1. The van der Waals surface area contributed by atoms with Crippen LogP contribution in [-0.4, -0.2) is 29.2 Å². The molecule has 4 aromatic carbocycles. The Balaban J connectivity index is 1.65. The minimum atomic E-state index is -1.13. The van der Waals surface area contributed by atoms with Crippen molar-refractivity contribution in [3.63, 3.8) is 0 Å². The SMILES string of the molecule is CCn1c(C)c(C(=CC2(c3ccc(N(C)C)cc3)OC(=O)c3ccccc32)c2c(C)n(CC)c3ccccc23)c2ccccc21. The maximum absolute atomic E-state index is 13.7. The third-order valence-corrected chi connectivity index (χ3v) is 9.59. The first-order chi connectivity index (χ1) is 21.8. The molecule has 0 amide bonds. The highest BCUT2D eigenvalue weighted by molar-refractivity contribution is 6.07. The summed E-state index contributed by atoms with van der Waals surface area (Å²) in [5.74, 6) is -0.307. The van der Waals surface area contributed by atoms with Gasteiger partial charge in [-0.05, 0) is 69.7 Å². The van der Waals surface area contributed by atoms with Crippen LogP contribution in [0.25, 0.3) is 27.4 Å². The predicted molar refractivity (Wildman–Crippen MR) is 185 cm³/mol. The standard InChI is InChI=1S/C40H39N3O2/c1-7-42-26(3)37(31-16-10-13-19-35(31)42)33(38-27(4)43(8-2)36-20-14-11-17-32(36)38)25-40(28-21-23-29(24-22-28)41(5)6)34-18-12-9-15-30(34)39(44)45-40/h9-25H,7-8H2,1-6H3. The number of benzene rings is 4. The van der Waals surface area contributed by atoms with E-state index in [2.05, 4.69) is 121 Å². The van der Waals surface area contributed by atoms with Crippen LogP contribution in [0.2, 0.25) is 0 Å². The molecule has 7 rings (SSSR count). The number of aromatic nitrogens is 2. The van der Waals surface area contributed by atoms with E-state index in [1.54, 1.807) is 0 Å². The second-order valence-electron chi connectivity index (χ2n) is 12.1. The van der Waals surface area contributed by atoms with Gasteiger partial charge in [-0.1, -0.05) is 66.7 Å². The van der Waals surface area contributed by atoms with Crippen LogP contribution in [0.4, 0.5) is 5.69 Å². The number of para-hydroxylation sites is 2. The predicted octanol–water partition coefficient (Wildman–Crippen LogP) is 8.86. The summed E-state index contributed by atoms with van der Waals surface area (Å²) in [4.78, 5) is 15.8. The largest absolute Gasteiger partial charge is 0.441 e. The zero-order chi connectivity index (χ0) is 31.5. The Bertz CT molecular complexity index is 2040. The Morgan fingerprint density at radius 2 is 1.24 bits per heavy atom. The molecule has 226 valence electrons. The molecular formula is C40H39N3O2. The number of carbonyl (C=O) groups is 1. The molecular weight excluding hydrogens is 554 g/mol. The van der Waals surface area contributed by atoms with Gasteiger partial charge in [0.25, 0.3) is 0 Å². The van der Waals surface area contributed by atoms with E-state index in [0.717, 1.165) is 35.5 Å². The molecule has 5 heteroatoms. The maximum atomic E-state index is 13.7. The Kier molecular flexibility index (Phi) is 6.92. The first-order valence-corrected chi connectivity index (χ1v) is 15.8. The smallest absolute Gasteiger partial charge is 0.340 e. The van der Waals surface area contributed by atoms with Gasteiger partial charge in [-0.15, -0.1) is 0 Å². The lowest BCUT2D eigenvalue weighted by molar-refractivity contribution is 0.0276. The summed E-state index contributed by atoms with van der Waals surface area (Å²) in [6.07, 6.45) is 2.24. The number of aryl methyl sites for hydroxylation is 2. The monoisotopic (exact) mass is 593 g/mol. The Morgan fingerprint density at radius 3 is 1.78 bits per heavy atom. The Morgan fingerprint density at radius 1 is 0.733 bits per heavy atom. The van der Waals surface area contributed by atoms with Crippen LogP contribution in [0.1, 0.15) is 57.8 Å². The molecule has 45 heavy (non-hydrogen) atoms. The number of hydrogen-bond donors (Lipinski definition) is 0. The van der Waals surface area contributed by atoms with Crippen molar-refractivity contribution in [2.45, 2.75) is 46.4 Å². The van der Waals surface area contributed by atoms with E-state index in [-0.39, 0.29) is 5.97 Å². The maximum Gasteiger partial charge on any atom is 0.340 e. The first-order valence-electron chi connectivity index (χ1n) is 15.8. The molecule has 1 unspecified atom stereocenters. The van der Waals surface area contributed by atoms with Gasteiger partial charge in [-0.2, -0.15) is 0 Å². The molecule has 1 atom stereocenters. The molecule has 5 nitrogen and oxygen atoms in total. The second-order valence-corrected chi connectivity index (χ2v) is 12.1. The highest BCUT2D eigenvalue weighted by Crippen LogP contribution is 2.49. The molecule has 1 aliphatic rings. The fraction of sp³-hybridized carbons (Fsp3) is 0.225. The molecule has 3 heterocycles. The average molecular weight is 594 g/mol. The van der Waals surface area contributed by atoms with Crippen LogP contribution in [0, 0.1) is 13.8 Å². The van der Waals surface area contributed by atoms with Gasteiger partial charge in [-0.3, -0.25) is 0 Å². The lowest BCUT2D eigenvalue weighted by atomic mass is 9.81. The Hall–Kier alpha value is -5.03. The van der Waals surface area contributed by atoms with Crippen LogP contribution in [0.3, 0.4) is 0 Å². The summed E-state index contributed by atoms with van der Waals surface area (Å²) in [6.45, 7) is 10.5. The fourth-order valence-electron chi connectivity index (χ4n) is 7.48. The summed E-state index contributed by atoms with van der Waals surface area (Å²) in [7, 11) is 4.07. The van der Waals surface area contributed by atoms with E-state index in [4.69, 9.17) is 4.74 Å². The van der Waals surface area contributed by atoms with Gasteiger partial charge in [-0.25, -0.2) is 4.79 Å². The molecule has 2 aromatic heterocycles. The lowest BCUT2D eigenvalue weighted by Gasteiger charge is -2.29. The van der Waals surface area contributed by atoms with Gasteiger partial charge in [0.1, 0.15) is 0 Å². The Labute approximate surface area is 265 Å². The lowest BCUT2D eigenvalue weighted by Crippen LogP contribution is -2.26. The van der Waals surface area contributed by atoms with Crippen LogP contribution in [0.15, 0.2) is 103 Å². The van der Waals surface area contributed by atoms with E-state index < -0.39 is 5.60 Å². The van der Waals surface area contributed by atoms with E-state index >= 15 is 0 Å². The van der Waals surface area contributed by atoms with E-state index in [0.29, 0.717) is 5.56 Å². The summed E-state index contributed by atoms with van der Waals surface area (Å²) in [5.41, 5.74) is 10.5. The van der Waals surface area contributed by atoms with Gasteiger partial charge >= 0.3 is 5.97 Å². The van der Waals surface area contributed by atoms with Crippen molar-refractivity contribution in [1.82, 2.24) is 9.13 Å². The number of hydrogen-bond acceptors (Lipinski definition) is 3. The molecule has 0 saturated heterocycles. The summed E-state index contributed by atoms with van der Waals surface area (Å²) in [6, 6.07) is 33.5. The van der Waals surface area contributed by atoms with Crippen molar-refractivity contribution in [2.75, 3.05) is 19.0 Å². The molecule has 0 aliphatic carbocycles. The second kappa shape index (κ2) is 10.8. The fourth-order valence-corrected chi connectivity index (χ4v) is 7.48. The first kappa shape index (κ1) is 28.7. The van der Waals surface area contributed by atoms with Gasteiger partial charge in [0, 0.05) is 88.3 Å². The average Bonchev–Trinajstić information content (AvgIpc) is 3.63. The van der Waals surface area contributed by atoms with Crippen molar-refractivity contribution in [2.24, 2.45) is 0 Å². The zero-order valence-electron chi connectivity index (χ0n) is 26.9. The molecule has 0 saturated carbocycles. The normalized spacial score (nSPS) is 15.8. The summed E-state index contributed by atoms with van der Waals surface area (Å²) >= 11 is 0. The zero-order valence-corrected chi connectivity index (χ0v) is 26.9. The van der Waals surface area contributed by atoms with Gasteiger partial charge in [0.2, 0.25) is 0 Å². The summed E-state index contributed by atoms with van der Waals surface area (Å²) < 4.78 is 11.4. The van der Waals surface area contributed by atoms with E-state index in [1.165, 1.54) is 44.3 Å². The minimum absolute atomic E-state index is 0.307. The van der Waals surface area contributed by atoms with Crippen LogP contribution >= 0.6 is 0 Å². The third-order valence-electron chi connectivity index (χ3n) is 9.59. The number of esters is 1. The molecule has 0 N–H and O–H groups in total. The molecule has 0 fully saturated rings. The highest BCUT2D eigenvalue weighted by Gasteiger charge is 2.46. The topological polar surface area (TPSA) is 39.4 Å². The van der Waals surface area contributed by atoms with Gasteiger partial charge in [0.05, 0.1) is 5.56 Å².